The van der Waals surface area contributed by atoms with Crippen molar-refractivity contribution in [2.45, 2.75) is 39.2 Å². The maximum Gasteiger partial charge on any atom is 0.336 e. The minimum atomic E-state index is -0.756. The van der Waals surface area contributed by atoms with E-state index >= 15 is 0 Å². The lowest BCUT2D eigenvalue weighted by molar-refractivity contribution is -0.143. The SMILES string of the molecule is CC1=C(C(=O)OC(C)C)[C@H](c2c(F)cccc2Cl)CC(=O)N1. The molecule has 1 aromatic carbocycles. The van der Waals surface area contributed by atoms with E-state index in [-0.39, 0.29) is 34.6 Å². The molecule has 4 nitrogen and oxygen atoms in total. The summed E-state index contributed by atoms with van der Waals surface area (Å²) in [6.07, 6.45) is -0.372. The molecule has 1 aromatic rings. The zero-order valence-corrected chi connectivity index (χ0v) is 13.3. The highest BCUT2D eigenvalue weighted by atomic mass is 35.5. The Bertz CT molecular complexity index is 635. The van der Waals surface area contributed by atoms with Gasteiger partial charge in [-0.3, -0.25) is 4.79 Å². The molecule has 1 amide bonds. The molecule has 0 unspecified atom stereocenters. The van der Waals surface area contributed by atoms with Gasteiger partial charge in [0.25, 0.3) is 0 Å². The number of rotatable bonds is 3. The summed E-state index contributed by atoms with van der Waals surface area (Å²) in [5, 5.41) is 2.78. The van der Waals surface area contributed by atoms with E-state index in [1.165, 1.54) is 18.2 Å². The van der Waals surface area contributed by atoms with Gasteiger partial charge in [-0.15, -0.1) is 0 Å². The van der Waals surface area contributed by atoms with Crippen molar-refractivity contribution in [3.05, 3.63) is 45.9 Å². The molecule has 0 aromatic heterocycles. The summed E-state index contributed by atoms with van der Waals surface area (Å²) in [7, 11) is 0. The molecule has 0 spiro atoms. The topological polar surface area (TPSA) is 55.4 Å². The van der Waals surface area contributed by atoms with Gasteiger partial charge in [0, 0.05) is 28.6 Å². The monoisotopic (exact) mass is 325 g/mol. The molecule has 6 heteroatoms. The first-order valence-corrected chi connectivity index (χ1v) is 7.34. The van der Waals surface area contributed by atoms with Crippen molar-refractivity contribution in [3.63, 3.8) is 0 Å². The first-order valence-electron chi connectivity index (χ1n) is 6.96. The van der Waals surface area contributed by atoms with Crippen molar-refractivity contribution >= 4 is 23.5 Å². The summed E-state index contributed by atoms with van der Waals surface area (Å²) in [6, 6.07) is 4.27. The zero-order chi connectivity index (χ0) is 16.4. The van der Waals surface area contributed by atoms with Gasteiger partial charge in [0.15, 0.2) is 0 Å². The fourth-order valence-corrected chi connectivity index (χ4v) is 2.83. The molecule has 1 aliphatic rings. The Kier molecular flexibility index (Phi) is 4.86. The molecule has 1 aliphatic heterocycles. The van der Waals surface area contributed by atoms with Crippen LogP contribution in [-0.4, -0.2) is 18.0 Å². The van der Waals surface area contributed by atoms with Crippen molar-refractivity contribution in [2.75, 3.05) is 0 Å². The fourth-order valence-electron chi connectivity index (χ4n) is 2.54. The average molecular weight is 326 g/mol. The lowest BCUT2D eigenvalue weighted by atomic mass is 9.84. The molecule has 1 heterocycles. The van der Waals surface area contributed by atoms with E-state index in [9.17, 15) is 14.0 Å². The van der Waals surface area contributed by atoms with E-state index in [4.69, 9.17) is 16.3 Å². The van der Waals surface area contributed by atoms with Gasteiger partial charge in [-0.25, -0.2) is 9.18 Å². The van der Waals surface area contributed by atoms with Gasteiger partial charge in [-0.1, -0.05) is 17.7 Å². The van der Waals surface area contributed by atoms with Crippen LogP contribution in [0.25, 0.3) is 0 Å². The second-order valence-electron chi connectivity index (χ2n) is 5.43. The summed E-state index contributed by atoms with van der Waals surface area (Å²) >= 11 is 6.09. The maximum atomic E-state index is 14.2. The molecule has 0 aliphatic carbocycles. The Hall–Kier alpha value is -1.88. The van der Waals surface area contributed by atoms with Crippen molar-refractivity contribution in [1.82, 2.24) is 5.32 Å². The lowest BCUT2D eigenvalue weighted by Crippen LogP contribution is -2.35. The number of carbonyl (C=O) groups excluding carboxylic acids is 2. The van der Waals surface area contributed by atoms with Crippen LogP contribution in [0.3, 0.4) is 0 Å². The maximum absolute atomic E-state index is 14.2. The van der Waals surface area contributed by atoms with E-state index < -0.39 is 17.7 Å². The van der Waals surface area contributed by atoms with Crippen molar-refractivity contribution in [2.24, 2.45) is 0 Å². The van der Waals surface area contributed by atoms with E-state index in [1.807, 2.05) is 0 Å². The summed E-state index contributed by atoms with van der Waals surface area (Å²) in [6.45, 7) is 5.04. The van der Waals surface area contributed by atoms with Gasteiger partial charge >= 0.3 is 5.97 Å². The number of carbonyl (C=O) groups is 2. The van der Waals surface area contributed by atoms with E-state index in [1.54, 1.807) is 20.8 Å². The molecular formula is C16H17ClFNO3. The highest BCUT2D eigenvalue weighted by Crippen LogP contribution is 2.38. The molecule has 118 valence electrons. The number of ether oxygens (including phenoxy) is 1. The molecule has 0 fully saturated rings. The van der Waals surface area contributed by atoms with Gasteiger partial charge < -0.3 is 10.1 Å². The summed E-state index contributed by atoms with van der Waals surface area (Å²) < 4.78 is 19.4. The molecule has 0 saturated heterocycles. The first kappa shape index (κ1) is 16.5. The predicted octanol–water partition coefficient (Wildman–Crippen LogP) is 3.31. The molecule has 1 atom stereocenters. The van der Waals surface area contributed by atoms with Crippen LogP contribution in [0, 0.1) is 5.82 Å². The summed E-state index contributed by atoms with van der Waals surface area (Å²) in [5.74, 6) is -2.16. The van der Waals surface area contributed by atoms with Gasteiger partial charge in [-0.2, -0.15) is 0 Å². The van der Waals surface area contributed by atoms with Gasteiger partial charge in [0.05, 0.1) is 11.7 Å². The van der Waals surface area contributed by atoms with Crippen molar-refractivity contribution in [3.8, 4) is 0 Å². The number of esters is 1. The molecule has 2 rings (SSSR count). The third-order valence-electron chi connectivity index (χ3n) is 3.38. The number of benzene rings is 1. The number of amides is 1. The highest BCUT2D eigenvalue weighted by molar-refractivity contribution is 6.31. The molecule has 0 radical (unpaired) electrons. The Balaban J connectivity index is 2.53. The Labute approximate surface area is 133 Å². The van der Waals surface area contributed by atoms with Crippen LogP contribution >= 0.6 is 11.6 Å². The molecule has 0 bridgehead atoms. The first-order chi connectivity index (χ1) is 10.3. The van der Waals surface area contributed by atoms with Crippen LogP contribution in [0.15, 0.2) is 29.5 Å². The standard InChI is InChI=1S/C16H17ClFNO3/c1-8(2)22-16(21)14-9(3)19-13(20)7-10(14)15-11(17)5-4-6-12(15)18/h4-6,8,10H,7H2,1-3H3,(H,19,20)/t10-/m1/s1. The van der Waals surface area contributed by atoms with E-state index in [0.29, 0.717) is 5.70 Å². The molecule has 0 saturated carbocycles. The van der Waals surface area contributed by atoms with Crippen LogP contribution in [0.2, 0.25) is 5.02 Å². The third kappa shape index (κ3) is 3.30. The Morgan fingerprint density at radius 2 is 2.14 bits per heavy atom. The summed E-state index contributed by atoms with van der Waals surface area (Å²) in [4.78, 5) is 24.1. The van der Waals surface area contributed by atoms with Crippen molar-refractivity contribution < 1.29 is 18.7 Å². The Morgan fingerprint density at radius 1 is 1.45 bits per heavy atom. The zero-order valence-electron chi connectivity index (χ0n) is 12.6. The van der Waals surface area contributed by atoms with Crippen LogP contribution in [0.5, 0.6) is 0 Å². The molecule has 22 heavy (non-hydrogen) atoms. The number of allylic oxidation sites excluding steroid dienone is 1. The van der Waals surface area contributed by atoms with Gasteiger partial charge in [0.2, 0.25) is 5.91 Å². The van der Waals surface area contributed by atoms with Crippen LogP contribution in [0.1, 0.15) is 38.7 Å². The van der Waals surface area contributed by atoms with E-state index in [2.05, 4.69) is 5.32 Å². The number of halogens is 2. The normalized spacial score (nSPS) is 18.5. The van der Waals surface area contributed by atoms with Crippen LogP contribution < -0.4 is 5.32 Å². The predicted molar refractivity (Wildman–Crippen MR) is 80.8 cm³/mol. The van der Waals surface area contributed by atoms with Gasteiger partial charge in [0.1, 0.15) is 5.82 Å². The quantitative estimate of drug-likeness (QED) is 0.867. The minimum absolute atomic E-state index is 0.0550. The second kappa shape index (κ2) is 6.48. The van der Waals surface area contributed by atoms with E-state index in [0.717, 1.165) is 0 Å². The van der Waals surface area contributed by atoms with Crippen LogP contribution in [0.4, 0.5) is 4.39 Å². The second-order valence-corrected chi connectivity index (χ2v) is 5.84. The Morgan fingerprint density at radius 3 is 2.73 bits per heavy atom. The van der Waals surface area contributed by atoms with Crippen LogP contribution in [-0.2, 0) is 14.3 Å². The number of hydrogen-bond donors (Lipinski definition) is 1. The summed E-state index contributed by atoms with van der Waals surface area (Å²) in [5.41, 5.74) is 0.751. The highest BCUT2D eigenvalue weighted by Gasteiger charge is 2.35. The van der Waals surface area contributed by atoms with Crippen molar-refractivity contribution in [1.29, 1.82) is 0 Å². The molecule has 1 N–H and O–H groups in total. The fraction of sp³-hybridized carbons (Fsp3) is 0.375. The molecular weight excluding hydrogens is 309 g/mol. The minimum Gasteiger partial charge on any atom is -0.460 e. The van der Waals surface area contributed by atoms with Gasteiger partial charge in [-0.05, 0) is 32.9 Å². The number of nitrogens with one attached hydrogen (secondary N) is 1. The lowest BCUT2D eigenvalue weighted by Gasteiger charge is -2.27. The third-order valence-corrected chi connectivity index (χ3v) is 3.71. The average Bonchev–Trinajstić information content (AvgIpc) is 2.36. The number of hydrogen-bond acceptors (Lipinski definition) is 3. The smallest absolute Gasteiger partial charge is 0.336 e. The largest absolute Gasteiger partial charge is 0.460 e.